The zero-order valence-corrected chi connectivity index (χ0v) is 14.9. The van der Waals surface area contributed by atoms with Gasteiger partial charge in [-0.1, -0.05) is 19.3 Å². The fourth-order valence-electron chi connectivity index (χ4n) is 2.92. The average Bonchev–Trinajstić information content (AvgIpc) is 2.59. The van der Waals surface area contributed by atoms with Gasteiger partial charge in [0.05, 0.1) is 0 Å². The van der Waals surface area contributed by atoms with E-state index in [9.17, 15) is 0 Å². The number of fused-ring (bicyclic) bond motifs is 1. The second kappa shape index (κ2) is 8.64. The quantitative estimate of drug-likeness (QED) is 0.620. The first kappa shape index (κ1) is 16.7. The Morgan fingerprint density at radius 3 is 2.74 bits per heavy atom. The molecule has 0 unspecified atom stereocenters. The number of hydrogen-bond donors (Lipinski definition) is 2. The van der Waals surface area contributed by atoms with Crippen molar-refractivity contribution in [3.8, 4) is 11.5 Å². The molecule has 1 aromatic carbocycles. The summed E-state index contributed by atoms with van der Waals surface area (Å²) in [6.45, 7) is 2.10. The third-order valence-corrected chi connectivity index (χ3v) is 5.72. The molecule has 6 heteroatoms. The van der Waals surface area contributed by atoms with Crippen LogP contribution < -0.4 is 20.1 Å². The number of hydrogen-bond acceptors (Lipinski definition) is 4. The molecule has 126 valence electrons. The molecule has 1 heterocycles. The van der Waals surface area contributed by atoms with Crippen LogP contribution in [0.15, 0.2) is 18.2 Å². The lowest BCUT2D eigenvalue weighted by molar-refractivity contribution is 0.171. The van der Waals surface area contributed by atoms with Crippen LogP contribution in [-0.4, -0.2) is 35.9 Å². The molecule has 2 N–H and O–H groups in total. The lowest BCUT2D eigenvalue weighted by Gasteiger charge is -2.21. The molecule has 1 saturated carbocycles. The minimum Gasteiger partial charge on any atom is -0.486 e. The summed E-state index contributed by atoms with van der Waals surface area (Å²) >= 11 is 7.43. The monoisotopic (exact) mass is 352 g/mol. The second-order valence-electron chi connectivity index (χ2n) is 5.87. The summed E-state index contributed by atoms with van der Waals surface area (Å²) in [7, 11) is 0. The Balaban J connectivity index is 1.37. The normalized spacial score (nSPS) is 17.6. The van der Waals surface area contributed by atoms with Gasteiger partial charge in [0.25, 0.3) is 0 Å². The molecule has 0 aromatic heterocycles. The van der Waals surface area contributed by atoms with E-state index in [2.05, 4.69) is 22.4 Å². The van der Waals surface area contributed by atoms with E-state index in [0.29, 0.717) is 18.3 Å². The lowest BCUT2D eigenvalue weighted by atomic mass is 10.0. The van der Waals surface area contributed by atoms with Crippen LogP contribution in [0, 0.1) is 0 Å². The van der Waals surface area contributed by atoms with Crippen molar-refractivity contribution in [2.75, 3.05) is 30.8 Å². The van der Waals surface area contributed by atoms with Crippen molar-refractivity contribution in [2.24, 2.45) is 0 Å². The van der Waals surface area contributed by atoms with Crippen molar-refractivity contribution in [3.63, 3.8) is 0 Å². The first-order valence-electron chi connectivity index (χ1n) is 8.37. The molecule has 0 radical (unpaired) electrons. The summed E-state index contributed by atoms with van der Waals surface area (Å²) in [6, 6.07) is 5.80. The highest BCUT2D eigenvalue weighted by atomic mass is 32.2. The van der Waals surface area contributed by atoms with Gasteiger partial charge >= 0.3 is 0 Å². The Kier molecular flexibility index (Phi) is 6.28. The van der Waals surface area contributed by atoms with Crippen LogP contribution >= 0.6 is 24.0 Å². The zero-order valence-electron chi connectivity index (χ0n) is 13.3. The molecule has 3 rings (SSSR count). The number of ether oxygens (including phenoxy) is 2. The molecule has 0 atom stereocenters. The standard InChI is InChI=1S/C17H24N2O2S2/c22-17(18-8-11-23-14-4-2-1-3-5-14)19-13-6-7-15-16(12-13)21-10-9-20-15/h6-7,12,14H,1-5,8-11H2,(H2,18,19,22). The van der Waals surface area contributed by atoms with Gasteiger partial charge in [-0.25, -0.2) is 0 Å². The number of thioether (sulfide) groups is 1. The van der Waals surface area contributed by atoms with E-state index in [4.69, 9.17) is 21.7 Å². The number of benzene rings is 1. The van der Waals surface area contributed by atoms with Gasteiger partial charge in [-0.2, -0.15) is 11.8 Å². The van der Waals surface area contributed by atoms with E-state index in [0.717, 1.165) is 34.7 Å². The van der Waals surface area contributed by atoms with E-state index in [-0.39, 0.29) is 0 Å². The van der Waals surface area contributed by atoms with Crippen LogP contribution in [0.2, 0.25) is 0 Å². The van der Waals surface area contributed by atoms with Crippen molar-refractivity contribution in [3.05, 3.63) is 18.2 Å². The molecule has 23 heavy (non-hydrogen) atoms. The topological polar surface area (TPSA) is 42.5 Å². The molecule has 0 spiro atoms. The minimum absolute atomic E-state index is 0.595. The molecule has 2 aliphatic rings. The van der Waals surface area contributed by atoms with Crippen LogP contribution in [0.3, 0.4) is 0 Å². The molecule has 0 bridgehead atoms. The molecular formula is C17H24N2O2S2. The molecule has 1 aliphatic carbocycles. The molecule has 4 nitrogen and oxygen atoms in total. The predicted octanol–water partition coefficient (Wildman–Crippen LogP) is 3.81. The second-order valence-corrected chi connectivity index (χ2v) is 7.69. The minimum atomic E-state index is 0.595. The highest BCUT2D eigenvalue weighted by molar-refractivity contribution is 7.99. The number of nitrogens with one attached hydrogen (secondary N) is 2. The van der Waals surface area contributed by atoms with Gasteiger partial charge in [0.1, 0.15) is 13.2 Å². The first-order valence-corrected chi connectivity index (χ1v) is 9.83. The van der Waals surface area contributed by atoms with Crippen molar-refractivity contribution in [1.82, 2.24) is 5.32 Å². The predicted molar refractivity (Wildman–Crippen MR) is 101 cm³/mol. The number of anilines is 1. The molecule has 0 amide bonds. The Morgan fingerprint density at radius 2 is 1.91 bits per heavy atom. The molecule has 0 saturated heterocycles. The Labute approximate surface area is 147 Å². The lowest BCUT2D eigenvalue weighted by Crippen LogP contribution is -2.30. The summed E-state index contributed by atoms with van der Waals surface area (Å²) in [5.41, 5.74) is 0.923. The fourth-order valence-corrected chi connectivity index (χ4v) is 4.36. The number of thiocarbonyl (C=S) groups is 1. The fraction of sp³-hybridized carbons (Fsp3) is 0.588. The van der Waals surface area contributed by atoms with Gasteiger partial charge in [-0.05, 0) is 37.2 Å². The van der Waals surface area contributed by atoms with Crippen molar-refractivity contribution >= 4 is 34.8 Å². The summed E-state index contributed by atoms with van der Waals surface area (Å²) < 4.78 is 11.1. The van der Waals surface area contributed by atoms with E-state index in [1.165, 1.54) is 32.1 Å². The molecule has 1 aliphatic heterocycles. The Morgan fingerprint density at radius 1 is 1.13 bits per heavy atom. The molecular weight excluding hydrogens is 328 g/mol. The Hall–Kier alpha value is -1.14. The highest BCUT2D eigenvalue weighted by Crippen LogP contribution is 2.32. The SMILES string of the molecule is S=C(NCCSC1CCCCC1)Nc1ccc2c(c1)OCCO2. The molecule has 1 fully saturated rings. The first-order chi connectivity index (χ1) is 11.3. The highest BCUT2D eigenvalue weighted by Gasteiger charge is 2.14. The van der Waals surface area contributed by atoms with Crippen LogP contribution in [0.4, 0.5) is 5.69 Å². The maximum atomic E-state index is 5.58. The van der Waals surface area contributed by atoms with Gasteiger partial charge < -0.3 is 20.1 Å². The average molecular weight is 353 g/mol. The summed E-state index contributed by atoms with van der Waals surface area (Å²) in [4.78, 5) is 0. The van der Waals surface area contributed by atoms with Crippen molar-refractivity contribution in [2.45, 2.75) is 37.4 Å². The van der Waals surface area contributed by atoms with Gasteiger partial charge in [-0.3, -0.25) is 0 Å². The van der Waals surface area contributed by atoms with E-state index < -0.39 is 0 Å². The summed E-state index contributed by atoms with van der Waals surface area (Å²) in [5.74, 6) is 2.68. The zero-order chi connectivity index (χ0) is 15.9. The van der Waals surface area contributed by atoms with Crippen molar-refractivity contribution in [1.29, 1.82) is 0 Å². The van der Waals surface area contributed by atoms with Crippen LogP contribution in [0.25, 0.3) is 0 Å². The maximum absolute atomic E-state index is 5.58. The third kappa shape index (κ3) is 5.18. The van der Waals surface area contributed by atoms with Gasteiger partial charge in [0, 0.05) is 29.3 Å². The largest absolute Gasteiger partial charge is 0.486 e. The summed E-state index contributed by atoms with van der Waals surface area (Å²) in [5, 5.41) is 7.99. The molecule has 1 aromatic rings. The van der Waals surface area contributed by atoms with Gasteiger partial charge in [-0.15, -0.1) is 0 Å². The summed E-state index contributed by atoms with van der Waals surface area (Å²) in [6.07, 6.45) is 6.97. The van der Waals surface area contributed by atoms with E-state index in [1.807, 2.05) is 18.2 Å². The van der Waals surface area contributed by atoms with Crippen molar-refractivity contribution < 1.29 is 9.47 Å². The van der Waals surface area contributed by atoms with Crippen LogP contribution in [0.5, 0.6) is 11.5 Å². The maximum Gasteiger partial charge on any atom is 0.170 e. The van der Waals surface area contributed by atoms with Crippen LogP contribution in [0.1, 0.15) is 32.1 Å². The van der Waals surface area contributed by atoms with E-state index >= 15 is 0 Å². The van der Waals surface area contributed by atoms with Gasteiger partial charge in [0.2, 0.25) is 0 Å². The van der Waals surface area contributed by atoms with E-state index in [1.54, 1.807) is 0 Å². The third-order valence-electron chi connectivity index (χ3n) is 4.09. The Bertz CT molecular complexity index is 533. The smallest absolute Gasteiger partial charge is 0.170 e. The number of rotatable bonds is 5. The van der Waals surface area contributed by atoms with Gasteiger partial charge in [0.15, 0.2) is 16.6 Å². The van der Waals surface area contributed by atoms with Crippen LogP contribution in [-0.2, 0) is 0 Å².